The topological polar surface area (TPSA) is 71.3 Å². The average Bonchev–Trinajstić information content (AvgIpc) is 3.04. The number of fused-ring (bicyclic) bond motifs is 1. The molecule has 1 aliphatic rings. The number of furan rings is 1. The number of benzene rings is 1. The van der Waals surface area contributed by atoms with E-state index in [1.165, 1.54) is 6.92 Å². The van der Waals surface area contributed by atoms with Gasteiger partial charge in [0.25, 0.3) is 0 Å². The molecule has 5 nitrogen and oxygen atoms in total. The lowest BCUT2D eigenvalue weighted by molar-refractivity contribution is -0.123. The summed E-state index contributed by atoms with van der Waals surface area (Å²) in [5.74, 6) is 0.750. The molecule has 25 heavy (non-hydrogen) atoms. The summed E-state index contributed by atoms with van der Waals surface area (Å²) in [6.45, 7) is 3.48. The van der Waals surface area contributed by atoms with Gasteiger partial charge >= 0.3 is 0 Å². The van der Waals surface area contributed by atoms with Crippen LogP contribution in [0, 0.1) is 6.92 Å². The summed E-state index contributed by atoms with van der Waals surface area (Å²) in [5, 5.41) is 5.98. The molecule has 1 aliphatic carbocycles. The van der Waals surface area contributed by atoms with Gasteiger partial charge in [-0.05, 0) is 31.4 Å². The van der Waals surface area contributed by atoms with Gasteiger partial charge in [0, 0.05) is 18.9 Å². The monoisotopic (exact) mass is 340 g/mol. The van der Waals surface area contributed by atoms with Gasteiger partial charge < -0.3 is 15.1 Å². The second-order valence-corrected chi connectivity index (χ2v) is 6.68. The number of hydrogen-bond acceptors (Lipinski definition) is 3. The Morgan fingerprint density at radius 1 is 1.24 bits per heavy atom. The van der Waals surface area contributed by atoms with Crippen LogP contribution in [0.2, 0.25) is 0 Å². The van der Waals surface area contributed by atoms with E-state index >= 15 is 0 Å². The van der Waals surface area contributed by atoms with E-state index in [1.807, 2.05) is 37.3 Å². The van der Waals surface area contributed by atoms with Gasteiger partial charge in [-0.25, -0.2) is 0 Å². The van der Waals surface area contributed by atoms with E-state index < -0.39 is 0 Å². The largest absolute Gasteiger partial charge is 0.469 e. The highest BCUT2D eigenvalue weighted by atomic mass is 16.3. The number of nitrogens with one attached hydrogen (secondary N) is 2. The second-order valence-electron chi connectivity index (χ2n) is 6.68. The second kappa shape index (κ2) is 7.55. The SMILES string of the molecule is CC(=O)NC(CC(=O)NC1CCCc2occc21)c1ccc(C)cc1. The van der Waals surface area contributed by atoms with Crippen LogP contribution in [0.3, 0.4) is 0 Å². The fourth-order valence-electron chi connectivity index (χ4n) is 3.37. The minimum atomic E-state index is -0.328. The molecule has 2 atom stereocenters. The standard InChI is InChI=1S/C20H24N2O3/c1-13-6-8-15(9-7-13)18(21-14(2)23)12-20(24)22-17-4-3-5-19-16(17)10-11-25-19/h6-11,17-18H,3-5,12H2,1-2H3,(H,21,23)(H,22,24). The molecule has 5 heteroatoms. The first kappa shape index (κ1) is 17.3. The van der Waals surface area contributed by atoms with Crippen LogP contribution in [0.1, 0.15) is 60.7 Å². The molecule has 0 fully saturated rings. The minimum Gasteiger partial charge on any atom is -0.469 e. The molecule has 2 aromatic rings. The van der Waals surface area contributed by atoms with Crippen molar-refractivity contribution in [3.05, 3.63) is 59.0 Å². The molecule has 2 N–H and O–H groups in total. The van der Waals surface area contributed by atoms with Crippen LogP contribution in [0.4, 0.5) is 0 Å². The Bertz CT molecular complexity index is 749. The van der Waals surface area contributed by atoms with Crippen LogP contribution in [-0.2, 0) is 16.0 Å². The zero-order valence-corrected chi connectivity index (χ0v) is 14.7. The van der Waals surface area contributed by atoms with Crippen LogP contribution in [0.25, 0.3) is 0 Å². The number of hydrogen-bond donors (Lipinski definition) is 2. The van der Waals surface area contributed by atoms with Crippen LogP contribution in [0.5, 0.6) is 0 Å². The third-order valence-electron chi connectivity index (χ3n) is 4.63. The van der Waals surface area contributed by atoms with E-state index in [2.05, 4.69) is 10.6 Å². The predicted molar refractivity (Wildman–Crippen MR) is 94.9 cm³/mol. The van der Waals surface area contributed by atoms with Gasteiger partial charge in [0.15, 0.2) is 0 Å². The Balaban J connectivity index is 1.68. The fourth-order valence-corrected chi connectivity index (χ4v) is 3.37. The molecule has 1 aromatic carbocycles. The Labute approximate surface area is 147 Å². The third-order valence-corrected chi connectivity index (χ3v) is 4.63. The van der Waals surface area contributed by atoms with Gasteiger partial charge in [0.1, 0.15) is 5.76 Å². The van der Waals surface area contributed by atoms with Gasteiger partial charge in [0.05, 0.1) is 24.8 Å². The Hall–Kier alpha value is -2.56. The Kier molecular flexibility index (Phi) is 5.22. The molecule has 0 radical (unpaired) electrons. The van der Waals surface area contributed by atoms with Crippen molar-refractivity contribution in [1.29, 1.82) is 0 Å². The Morgan fingerprint density at radius 2 is 2.00 bits per heavy atom. The summed E-state index contributed by atoms with van der Waals surface area (Å²) >= 11 is 0. The van der Waals surface area contributed by atoms with Gasteiger partial charge in [-0.15, -0.1) is 0 Å². The molecule has 0 saturated carbocycles. The third kappa shape index (κ3) is 4.29. The van der Waals surface area contributed by atoms with E-state index in [0.29, 0.717) is 0 Å². The summed E-state index contributed by atoms with van der Waals surface area (Å²) in [4.78, 5) is 24.1. The lowest BCUT2D eigenvalue weighted by atomic mass is 9.93. The molecule has 1 aromatic heterocycles. The number of rotatable bonds is 5. The maximum atomic E-state index is 12.6. The summed E-state index contributed by atoms with van der Waals surface area (Å²) in [7, 11) is 0. The smallest absolute Gasteiger partial charge is 0.222 e. The molecule has 1 heterocycles. The highest BCUT2D eigenvalue weighted by Crippen LogP contribution is 2.30. The molecule has 2 amide bonds. The minimum absolute atomic E-state index is 0.00834. The van der Waals surface area contributed by atoms with E-state index in [9.17, 15) is 9.59 Å². The van der Waals surface area contributed by atoms with Crippen LogP contribution < -0.4 is 10.6 Å². The predicted octanol–water partition coefficient (Wildman–Crippen LogP) is 3.35. The average molecular weight is 340 g/mol. The number of amides is 2. The van der Waals surface area contributed by atoms with Crippen molar-refractivity contribution in [1.82, 2.24) is 10.6 Å². The zero-order valence-electron chi connectivity index (χ0n) is 14.7. The maximum absolute atomic E-state index is 12.6. The lowest BCUT2D eigenvalue weighted by Crippen LogP contribution is -2.35. The van der Waals surface area contributed by atoms with E-state index in [1.54, 1.807) is 6.26 Å². The molecule has 0 spiro atoms. The van der Waals surface area contributed by atoms with E-state index in [-0.39, 0.29) is 30.3 Å². The maximum Gasteiger partial charge on any atom is 0.222 e. The van der Waals surface area contributed by atoms with E-state index in [0.717, 1.165) is 41.7 Å². The highest BCUT2D eigenvalue weighted by Gasteiger charge is 2.25. The normalized spacial score (nSPS) is 17.4. The van der Waals surface area contributed by atoms with Gasteiger partial charge in [-0.1, -0.05) is 29.8 Å². The van der Waals surface area contributed by atoms with Gasteiger partial charge in [-0.2, -0.15) is 0 Å². The molecule has 3 rings (SSSR count). The fraction of sp³-hybridized carbons (Fsp3) is 0.400. The highest BCUT2D eigenvalue weighted by molar-refractivity contribution is 5.79. The van der Waals surface area contributed by atoms with Crippen molar-refractivity contribution in [3.63, 3.8) is 0 Å². The molecule has 0 saturated heterocycles. The first-order valence-electron chi connectivity index (χ1n) is 8.72. The molecule has 132 valence electrons. The van der Waals surface area contributed by atoms with Gasteiger partial charge in [0.2, 0.25) is 11.8 Å². The Morgan fingerprint density at radius 3 is 2.72 bits per heavy atom. The van der Waals surface area contributed by atoms with Crippen molar-refractivity contribution in [2.75, 3.05) is 0 Å². The molecular formula is C20H24N2O3. The summed E-state index contributed by atoms with van der Waals surface area (Å²) in [6.07, 6.45) is 4.73. The van der Waals surface area contributed by atoms with Crippen molar-refractivity contribution < 1.29 is 14.0 Å². The molecule has 0 bridgehead atoms. The van der Waals surface area contributed by atoms with Crippen LogP contribution >= 0.6 is 0 Å². The summed E-state index contributed by atoms with van der Waals surface area (Å²) in [5.41, 5.74) is 3.15. The van der Waals surface area contributed by atoms with Crippen LogP contribution in [0.15, 0.2) is 41.0 Å². The summed E-state index contributed by atoms with van der Waals surface area (Å²) < 4.78 is 5.47. The van der Waals surface area contributed by atoms with E-state index in [4.69, 9.17) is 4.42 Å². The van der Waals surface area contributed by atoms with Crippen LogP contribution in [-0.4, -0.2) is 11.8 Å². The molecule has 2 unspecified atom stereocenters. The first-order chi connectivity index (χ1) is 12.0. The quantitative estimate of drug-likeness (QED) is 0.877. The molecule has 0 aliphatic heterocycles. The first-order valence-corrected chi connectivity index (χ1v) is 8.72. The van der Waals surface area contributed by atoms with Crippen molar-refractivity contribution >= 4 is 11.8 Å². The van der Waals surface area contributed by atoms with Crippen molar-refractivity contribution in [2.45, 2.75) is 51.6 Å². The molecular weight excluding hydrogens is 316 g/mol. The number of carbonyl (C=O) groups is 2. The van der Waals surface area contributed by atoms with Crippen molar-refractivity contribution in [2.24, 2.45) is 0 Å². The van der Waals surface area contributed by atoms with Gasteiger partial charge in [-0.3, -0.25) is 9.59 Å². The lowest BCUT2D eigenvalue weighted by Gasteiger charge is -2.24. The summed E-state index contributed by atoms with van der Waals surface area (Å²) in [6, 6.07) is 9.49. The zero-order chi connectivity index (χ0) is 17.8. The number of carbonyl (C=O) groups excluding carboxylic acids is 2. The number of aryl methyl sites for hydroxylation is 2. The van der Waals surface area contributed by atoms with Crippen molar-refractivity contribution in [3.8, 4) is 0 Å².